The van der Waals surface area contributed by atoms with Crippen LogP contribution in [0.5, 0.6) is 17.2 Å². The summed E-state index contributed by atoms with van der Waals surface area (Å²) in [6, 6.07) is 11.8. The number of carbonyl (C=O) groups is 1. The Kier molecular flexibility index (Phi) is 7.72. The van der Waals surface area contributed by atoms with E-state index in [4.69, 9.17) is 14.2 Å². The number of likely N-dealkylation sites (N-methyl/N-ethyl adjacent to an activating group) is 1. The van der Waals surface area contributed by atoms with E-state index >= 15 is 0 Å². The number of aliphatic hydroxyl groups is 1. The number of anilines is 1. The SMILES string of the molecule is C[C@H](CO)N1C[C@H](C)[C@@H](CN(C)Cc2ccc3c(c2)OCO3)Oc2ccc(N(C)C)cc2CC1=O. The predicted octanol–water partition coefficient (Wildman–Crippen LogP) is 2.76. The lowest BCUT2D eigenvalue weighted by Crippen LogP contribution is -2.47. The number of hydrogen-bond donors (Lipinski definition) is 1. The third-order valence-corrected chi connectivity index (χ3v) is 6.80. The van der Waals surface area contributed by atoms with Crippen molar-refractivity contribution in [2.45, 2.75) is 39.0 Å². The zero-order chi connectivity index (χ0) is 25.1. The molecule has 0 aromatic heterocycles. The number of nitrogens with zero attached hydrogens (tertiary/aromatic N) is 3. The first-order chi connectivity index (χ1) is 16.7. The average Bonchev–Trinajstić information content (AvgIpc) is 3.30. The van der Waals surface area contributed by atoms with Crippen molar-refractivity contribution >= 4 is 11.6 Å². The normalized spacial score (nSPS) is 20.5. The number of amides is 1. The molecule has 35 heavy (non-hydrogen) atoms. The van der Waals surface area contributed by atoms with Crippen molar-refractivity contribution in [3.8, 4) is 17.2 Å². The first kappa shape index (κ1) is 25.1. The van der Waals surface area contributed by atoms with Crippen molar-refractivity contribution in [3.05, 3.63) is 47.5 Å². The number of aliphatic hydroxyl groups excluding tert-OH is 1. The van der Waals surface area contributed by atoms with E-state index in [2.05, 4.69) is 24.9 Å². The van der Waals surface area contributed by atoms with Gasteiger partial charge in [0.15, 0.2) is 11.5 Å². The lowest BCUT2D eigenvalue weighted by atomic mass is 10.0. The molecule has 0 bridgehead atoms. The smallest absolute Gasteiger partial charge is 0.231 e. The largest absolute Gasteiger partial charge is 0.488 e. The van der Waals surface area contributed by atoms with Gasteiger partial charge in [-0.05, 0) is 49.9 Å². The van der Waals surface area contributed by atoms with Gasteiger partial charge < -0.3 is 29.1 Å². The summed E-state index contributed by atoms with van der Waals surface area (Å²) in [5, 5.41) is 9.82. The van der Waals surface area contributed by atoms with Gasteiger partial charge in [-0.25, -0.2) is 0 Å². The highest BCUT2D eigenvalue weighted by Gasteiger charge is 2.31. The van der Waals surface area contributed by atoms with Crippen LogP contribution in [0.3, 0.4) is 0 Å². The minimum Gasteiger partial charge on any atom is -0.488 e. The molecule has 2 aromatic carbocycles. The molecule has 2 heterocycles. The molecule has 2 aromatic rings. The third-order valence-electron chi connectivity index (χ3n) is 6.80. The minimum atomic E-state index is -0.254. The van der Waals surface area contributed by atoms with Gasteiger partial charge in [-0.15, -0.1) is 0 Å². The number of fused-ring (bicyclic) bond motifs is 2. The van der Waals surface area contributed by atoms with Gasteiger partial charge in [-0.1, -0.05) is 13.0 Å². The van der Waals surface area contributed by atoms with Crippen LogP contribution in [0.4, 0.5) is 5.69 Å². The summed E-state index contributed by atoms with van der Waals surface area (Å²) in [5.74, 6) is 2.37. The van der Waals surface area contributed by atoms with Crippen LogP contribution in [0, 0.1) is 5.92 Å². The van der Waals surface area contributed by atoms with Gasteiger partial charge in [0.2, 0.25) is 12.7 Å². The van der Waals surface area contributed by atoms with Crippen LogP contribution in [0.15, 0.2) is 36.4 Å². The Labute approximate surface area is 208 Å². The maximum absolute atomic E-state index is 13.3. The van der Waals surface area contributed by atoms with Crippen LogP contribution in [-0.2, 0) is 17.8 Å². The Balaban J connectivity index is 1.57. The minimum absolute atomic E-state index is 0.00789. The molecule has 3 atom stereocenters. The number of benzene rings is 2. The maximum Gasteiger partial charge on any atom is 0.231 e. The molecule has 0 aliphatic carbocycles. The van der Waals surface area contributed by atoms with Crippen molar-refractivity contribution in [3.63, 3.8) is 0 Å². The first-order valence-electron chi connectivity index (χ1n) is 12.2. The number of rotatable bonds is 7. The molecule has 0 fully saturated rings. The summed E-state index contributed by atoms with van der Waals surface area (Å²) >= 11 is 0. The fraction of sp³-hybridized carbons (Fsp3) is 0.519. The molecule has 0 saturated heterocycles. The van der Waals surface area contributed by atoms with Gasteiger partial charge in [-0.3, -0.25) is 9.69 Å². The summed E-state index contributed by atoms with van der Waals surface area (Å²) < 4.78 is 17.6. The van der Waals surface area contributed by atoms with Gasteiger partial charge in [0.05, 0.1) is 19.1 Å². The fourth-order valence-electron chi connectivity index (χ4n) is 4.63. The van der Waals surface area contributed by atoms with Crippen LogP contribution in [0.1, 0.15) is 25.0 Å². The fourth-order valence-corrected chi connectivity index (χ4v) is 4.63. The predicted molar refractivity (Wildman–Crippen MR) is 135 cm³/mol. The quantitative estimate of drug-likeness (QED) is 0.649. The molecule has 0 saturated carbocycles. The summed E-state index contributed by atoms with van der Waals surface area (Å²) in [5.41, 5.74) is 3.02. The summed E-state index contributed by atoms with van der Waals surface area (Å²) in [6.45, 7) is 6.13. The van der Waals surface area contributed by atoms with E-state index in [0.29, 0.717) is 13.1 Å². The van der Waals surface area contributed by atoms with Crippen LogP contribution in [-0.4, -0.2) is 80.6 Å². The zero-order valence-electron chi connectivity index (χ0n) is 21.4. The zero-order valence-corrected chi connectivity index (χ0v) is 21.4. The van der Waals surface area contributed by atoms with E-state index in [1.807, 2.05) is 56.3 Å². The van der Waals surface area contributed by atoms with Gasteiger partial charge in [0, 0.05) is 50.9 Å². The monoisotopic (exact) mass is 483 g/mol. The highest BCUT2D eigenvalue weighted by Crippen LogP contribution is 2.33. The molecule has 2 aliphatic heterocycles. The molecular weight excluding hydrogens is 446 g/mol. The van der Waals surface area contributed by atoms with E-state index in [1.54, 1.807) is 4.90 Å². The number of ether oxygens (including phenoxy) is 3. The molecule has 0 spiro atoms. The van der Waals surface area contributed by atoms with E-state index in [9.17, 15) is 9.90 Å². The van der Waals surface area contributed by atoms with Crippen molar-refractivity contribution in [1.29, 1.82) is 0 Å². The van der Waals surface area contributed by atoms with Crippen LogP contribution >= 0.6 is 0 Å². The average molecular weight is 484 g/mol. The summed E-state index contributed by atoms with van der Waals surface area (Å²) in [4.78, 5) is 19.3. The Morgan fingerprint density at radius 1 is 1.09 bits per heavy atom. The van der Waals surface area contributed by atoms with E-state index in [1.165, 1.54) is 0 Å². The van der Waals surface area contributed by atoms with E-state index in [-0.39, 0.29) is 43.8 Å². The number of hydrogen-bond acceptors (Lipinski definition) is 7. The van der Waals surface area contributed by atoms with Crippen molar-refractivity contribution in [2.24, 2.45) is 5.92 Å². The molecule has 8 heteroatoms. The summed E-state index contributed by atoms with van der Waals surface area (Å²) in [7, 11) is 6.04. The van der Waals surface area contributed by atoms with E-state index in [0.717, 1.165) is 40.6 Å². The molecule has 190 valence electrons. The molecule has 0 radical (unpaired) electrons. The van der Waals surface area contributed by atoms with Gasteiger partial charge in [0.25, 0.3) is 0 Å². The highest BCUT2D eigenvalue weighted by molar-refractivity contribution is 5.80. The topological polar surface area (TPSA) is 74.7 Å². The maximum atomic E-state index is 13.3. The Morgan fingerprint density at radius 2 is 1.83 bits per heavy atom. The van der Waals surface area contributed by atoms with Gasteiger partial charge >= 0.3 is 0 Å². The molecule has 1 N–H and O–H groups in total. The van der Waals surface area contributed by atoms with Gasteiger partial charge in [-0.2, -0.15) is 0 Å². The number of carbonyl (C=O) groups excluding carboxylic acids is 1. The Bertz CT molecular complexity index is 1040. The Morgan fingerprint density at radius 3 is 2.57 bits per heavy atom. The second kappa shape index (κ2) is 10.7. The van der Waals surface area contributed by atoms with Crippen LogP contribution in [0.2, 0.25) is 0 Å². The van der Waals surface area contributed by atoms with Crippen molar-refractivity contribution in [2.75, 3.05) is 52.5 Å². The standard InChI is InChI=1S/C27H37N3O5/c1-18-13-30(19(2)16-31)27(32)12-21-11-22(28(3)4)7-9-23(21)35-26(18)15-29(5)14-20-6-8-24-25(10-20)34-17-33-24/h6-11,18-19,26,31H,12-17H2,1-5H3/t18-,19+,26+/m0/s1. The summed E-state index contributed by atoms with van der Waals surface area (Å²) in [6.07, 6.45) is 0.102. The van der Waals surface area contributed by atoms with Gasteiger partial charge in [0.1, 0.15) is 11.9 Å². The molecule has 2 aliphatic rings. The van der Waals surface area contributed by atoms with Crippen molar-refractivity contribution < 1.29 is 24.1 Å². The highest BCUT2D eigenvalue weighted by atomic mass is 16.7. The second-order valence-electron chi connectivity index (χ2n) is 9.96. The molecule has 0 unspecified atom stereocenters. The van der Waals surface area contributed by atoms with E-state index < -0.39 is 0 Å². The second-order valence-corrected chi connectivity index (χ2v) is 9.96. The molecular formula is C27H37N3O5. The molecule has 1 amide bonds. The lowest BCUT2D eigenvalue weighted by molar-refractivity contribution is -0.134. The van der Waals surface area contributed by atoms with Crippen molar-refractivity contribution in [1.82, 2.24) is 9.80 Å². The Hall–Kier alpha value is -2.97. The van der Waals surface area contributed by atoms with Crippen LogP contribution in [0.25, 0.3) is 0 Å². The molecule has 4 rings (SSSR count). The lowest BCUT2D eigenvalue weighted by Gasteiger charge is -2.34. The molecule has 8 nitrogen and oxygen atoms in total. The first-order valence-corrected chi connectivity index (χ1v) is 12.2. The van der Waals surface area contributed by atoms with Crippen LogP contribution < -0.4 is 19.1 Å². The third kappa shape index (κ3) is 5.82.